The Morgan fingerprint density at radius 1 is 1.13 bits per heavy atom. The average Bonchev–Trinajstić information content (AvgIpc) is 3.42. The normalized spacial score (nSPS) is 16.6. The minimum Gasteiger partial charge on any atom is -0.490 e. The molecule has 164 valence electrons. The SMILES string of the molecule is O=C(C=Cc1cccc(OC2CCCC2)c1)NCCS(=O)(=O)N1CCc2ccccc21. The molecule has 1 amide bonds. The van der Waals surface area contributed by atoms with Crippen molar-refractivity contribution in [2.75, 3.05) is 23.1 Å². The third-order valence-corrected chi connectivity index (χ3v) is 7.50. The molecule has 1 aliphatic carbocycles. The molecule has 1 N–H and O–H groups in total. The fourth-order valence-electron chi connectivity index (χ4n) is 4.13. The first-order chi connectivity index (χ1) is 15.0. The van der Waals surface area contributed by atoms with Crippen molar-refractivity contribution in [3.8, 4) is 5.75 Å². The van der Waals surface area contributed by atoms with E-state index in [1.54, 1.807) is 6.08 Å². The lowest BCUT2D eigenvalue weighted by Gasteiger charge is -2.19. The molecule has 0 radical (unpaired) electrons. The molecule has 2 aromatic carbocycles. The highest BCUT2D eigenvalue weighted by Gasteiger charge is 2.28. The van der Waals surface area contributed by atoms with Crippen LogP contribution in [0.15, 0.2) is 54.6 Å². The number of carbonyl (C=O) groups is 1. The number of amides is 1. The Bertz CT molecular complexity index is 1060. The first-order valence-electron chi connectivity index (χ1n) is 10.8. The van der Waals surface area contributed by atoms with Crippen LogP contribution in [0.25, 0.3) is 6.08 Å². The molecule has 1 heterocycles. The summed E-state index contributed by atoms with van der Waals surface area (Å²) in [7, 11) is -3.48. The summed E-state index contributed by atoms with van der Waals surface area (Å²) in [6.07, 6.45) is 8.74. The van der Waals surface area contributed by atoms with Gasteiger partial charge in [0, 0.05) is 19.2 Å². The molecule has 0 bridgehead atoms. The van der Waals surface area contributed by atoms with Crippen molar-refractivity contribution in [3.63, 3.8) is 0 Å². The molecule has 2 aromatic rings. The minimum atomic E-state index is -3.48. The van der Waals surface area contributed by atoms with Gasteiger partial charge in [-0.2, -0.15) is 0 Å². The van der Waals surface area contributed by atoms with Gasteiger partial charge in [0.05, 0.1) is 17.5 Å². The molecular weight excluding hydrogens is 412 g/mol. The highest BCUT2D eigenvalue weighted by molar-refractivity contribution is 7.92. The van der Waals surface area contributed by atoms with Crippen molar-refractivity contribution in [2.24, 2.45) is 0 Å². The lowest BCUT2D eigenvalue weighted by Crippen LogP contribution is -2.36. The summed E-state index contributed by atoms with van der Waals surface area (Å²) in [5.41, 5.74) is 2.65. The number of fused-ring (bicyclic) bond motifs is 1. The summed E-state index contributed by atoms with van der Waals surface area (Å²) in [6.45, 7) is 0.518. The van der Waals surface area contributed by atoms with Crippen LogP contribution in [0, 0.1) is 0 Å². The molecule has 1 saturated carbocycles. The molecule has 0 aromatic heterocycles. The maximum absolute atomic E-state index is 12.7. The quantitative estimate of drug-likeness (QED) is 0.637. The Hall–Kier alpha value is -2.80. The van der Waals surface area contributed by atoms with E-state index in [1.807, 2.05) is 48.5 Å². The molecule has 0 atom stereocenters. The summed E-state index contributed by atoms with van der Waals surface area (Å²) >= 11 is 0. The average molecular weight is 441 g/mol. The van der Waals surface area contributed by atoms with Crippen LogP contribution in [0.2, 0.25) is 0 Å². The van der Waals surface area contributed by atoms with E-state index in [-0.39, 0.29) is 24.3 Å². The Labute approximate surface area is 184 Å². The first kappa shape index (κ1) is 21.4. The lowest BCUT2D eigenvalue weighted by molar-refractivity contribution is -0.116. The molecule has 31 heavy (non-hydrogen) atoms. The molecule has 2 aliphatic rings. The van der Waals surface area contributed by atoms with Crippen LogP contribution in [0.3, 0.4) is 0 Å². The number of ether oxygens (including phenoxy) is 1. The second kappa shape index (κ2) is 9.56. The molecule has 1 fully saturated rings. The number of anilines is 1. The van der Waals surface area contributed by atoms with Crippen molar-refractivity contribution >= 4 is 27.7 Å². The molecule has 0 saturated heterocycles. The van der Waals surface area contributed by atoms with Crippen molar-refractivity contribution < 1.29 is 17.9 Å². The zero-order valence-electron chi connectivity index (χ0n) is 17.5. The molecule has 6 nitrogen and oxygen atoms in total. The van der Waals surface area contributed by atoms with Gasteiger partial charge in [0.15, 0.2) is 0 Å². The first-order valence-corrected chi connectivity index (χ1v) is 12.4. The maximum atomic E-state index is 12.7. The van der Waals surface area contributed by atoms with Crippen molar-refractivity contribution in [2.45, 2.75) is 38.2 Å². The minimum absolute atomic E-state index is 0.0645. The molecule has 0 unspecified atom stereocenters. The van der Waals surface area contributed by atoms with E-state index in [0.29, 0.717) is 13.0 Å². The topological polar surface area (TPSA) is 75.7 Å². The summed E-state index contributed by atoms with van der Waals surface area (Å²) in [6, 6.07) is 15.2. The highest BCUT2D eigenvalue weighted by atomic mass is 32.2. The highest BCUT2D eigenvalue weighted by Crippen LogP contribution is 2.30. The fraction of sp³-hybridized carbons (Fsp3) is 0.375. The Balaban J connectivity index is 1.27. The van der Waals surface area contributed by atoms with E-state index in [9.17, 15) is 13.2 Å². The summed E-state index contributed by atoms with van der Waals surface area (Å²) in [4.78, 5) is 12.1. The van der Waals surface area contributed by atoms with Gasteiger partial charge in [0.2, 0.25) is 15.9 Å². The number of hydrogen-bond acceptors (Lipinski definition) is 4. The Kier molecular flexibility index (Phi) is 6.61. The number of nitrogens with zero attached hydrogens (tertiary/aromatic N) is 1. The van der Waals surface area contributed by atoms with Crippen molar-refractivity contribution in [1.82, 2.24) is 5.32 Å². The maximum Gasteiger partial charge on any atom is 0.244 e. The Morgan fingerprint density at radius 3 is 2.77 bits per heavy atom. The van der Waals surface area contributed by atoms with Crippen LogP contribution < -0.4 is 14.4 Å². The van der Waals surface area contributed by atoms with E-state index < -0.39 is 10.0 Å². The monoisotopic (exact) mass is 440 g/mol. The third-order valence-electron chi connectivity index (χ3n) is 5.73. The van der Waals surface area contributed by atoms with Gasteiger partial charge >= 0.3 is 0 Å². The summed E-state index contributed by atoms with van der Waals surface area (Å²) in [5, 5.41) is 2.67. The predicted octanol–water partition coefficient (Wildman–Crippen LogP) is 3.53. The zero-order chi connectivity index (χ0) is 21.7. The van der Waals surface area contributed by atoms with Gasteiger partial charge in [-0.25, -0.2) is 8.42 Å². The molecule has 0 spiro atoms. The summed E-state index contributed by atoms with van der Waals surface area (Å²) < 4.78 is 32.8. The van der Waals surface area contributed by atoms with E-state index in [0.717, 1.165) is 35.4 Å². The van der Waals surface area contributed by atoms with Crippen molar-refractivity contribution in [1.29, 1.82) is 0 Å². The fourth-order valence-corrected chi connectivity index (χ4v) is 5.56. The van der Waals surface area contributed by atoms with Gasteiger partial charge in [-0.15, -0.1) is 0 Å². The van der Waals surface area contributed by atoms with E-state index in [2.05, 4.69) is 5.32 Å². The largest absolute Gasteiger partial charge is 0.490 e. The Morgan fingerprint density at radius 2 is 1.94 bits per heavy atom. The second-order valence-electron chi connectivity index (χ2n) is 7.99. The van der Waals surface area contributed by atoms with E-state index in [4.69, 9.17) is 4.74 Å². The molecule has 1 aliphatic heterocycles. The summed E-state index contributed by atoms with van der Waals surface area (Å²) in [5.74, 6) is 0.358. The van der Waals surface area contributed by atoms with Gasteiger partial charge < -0.3 is 10.1 Å². The lowest BCUT2D eigenvalue weighted by atomic mass is 10.2. The van der Waals surface area contributed by atoms with Gasteiger partial charge in [0.1, 0.15) is 5.75 Å². The van der Waals surface area contributed by atoms with Crippen LogP contribution in [0.4, 0.5) is 5.69 Å². The van der Waals surface area contributed by atoms with Gasteiger partial charge in [-0.3, -0.25) is 9.10 Å². The standard InChI is InChI=1S/C24H28N2O4S/c27-24(13-12-19-6-5-10-22(18-19)30-21-8-2-3-9-21)25-15-17-31(28,29)26-16-14-20-7-1-4-11-23(20)26/h1,4-7,10-13,18,21H,2-3,8-9,14-17H2,(H,25,27). The van der Waals surface area contributed by atoms with Gasteiger partial charge in [-0.1, -0.05) is 30.3 Å². The smallest absolute Gasteiger partial charge is 0.244 e. The van der Waals surface area contributed by atoms with Crippen LogP contribution in [-0.4, -0.2) is 39.3 Å². The molecule has 7 heteroatoms. The number of benzene rings is 2. The van der Waals surface area contributed by atoms with Crippen LogP contribution in [-0.2, 0) is 21.2 Å². The van der Waals surface area contributed by atoms with E-state index >= 15 is 0 Å². The number of carbonyl (C=O) groups excluding carboxylic acids is 1. The zero-order valence-corrected chi connectivity index (χ0v) is 18.3. The molecular formula is C24H28N2O4S. The number of rotatable bonds is 8. The number of nitrogens with one attached hydrogen (secondary N) is 1. The third kappa shape index (κ3) is 5.47. The van der Waals surface area contributed by atoms with Crippen molar-refractivity contribution in [3.05, 3.63) is 65.7 Å². The second-order valence-corrected chi connectivity index (χ2v) is 10.0. The van der Waals surface area contributed by atoms with Crippen LogP contribution >= 0.6 is 0 Å². The van der Waals surface area contributed by atoms with Gasteiger partial charge in [0.25, 0.3) is 0 Å². The number of para-hydroxylation sites is 1. The molecule has 4 rings (SSSR count). The van der Waals surface area contributed by atoms with Crippen LogP contribution in [0.5, 0.6) is 5.75 Å². The van der Waals surface area contributed by atoms with Gasteiger partial charge in [-0.05, 0) is 67.5 Å². The van der Waals surface area contributed by atoms with E-state index in [1.165, 1.54) is 23.2 Å². The number of sulfonamides is 1. The number of hydrogen-bond donors (Lipinski definition) is 1. The van der Waals surface area contributed by atoms with Crippen LogP contribution in [0.1, 0.15) is 36.8 Å². The predicted molar refractivity (Wildman–Crippen MR) is 123 cm³/mol.